The van der Waals surface area contributed by atoms with Crippen LogP contribution in [0.3, 0.4) is 0 Å². The van der Waals surface area contributed by atoms with E-state index in [4.69, 9.17) is 4.42 Å². The lowest BCUT2D eigenvalue weighted by Gasteiger charge is -2.00. The summed E-state index contributed by atoms with van der Waals surface area (Å²) in [5, 5.41) is 0. The topological polar surface area (TPSA) is 13.1 Å². The fourth-order valence-corrected chi connectivity index (χ4v) is 1.43. The average molecular weight is 202 g/mol. The van der Waals surface area contributed by atoms with E-state index in [1.165, 1.54) is 11.1 Å². The van der Waals surface area contributed by atoms with Crippen LogP contribution in [0.15, 0.2) is 40.8 Å². The van der Waals surface area contributed by atoms with Crippen LogP contribution in [0.5, 0.6) is 0 Å². The van der Waals surface area contributed by atoms with Crippen LogP contribution in [-0.2, 0) is 0 Å². The minimum absolute atomic E-state index is 0.954. The van der Waals surface area contributed by atoms with Crippen molar-refractivity contribution in [2.45, 2.75) is 27.7 Å². The first-order valence-corrected chi connectivity index (χ1v) is 5.40. The monoisotopic (exact) mass is 202 g/mol. The molecule has 0 saturated heterocycles. The summed E-state index contributed by atoms with van der Waals surface area (Å²) >= 11 is 0. The maximum absolute atomic E-state index is 5.55. The van der Waals surface area contributed by atoms with E-state index in [0.717, 1.165) is 11.5 Å². The SMILES string of the molecule is CC.Cc1ccc(-c2ccccc2C)o1. The van der Waals surface area contributed by atoms with Gasteiger partial charge in [0.1, 0.15) is 11.5 Å². The van der Waals surface area contributed by atoms with Crippen molar-refractivity contribution in [3.05, 3.63) is 47.7 Å². The number of rotatable bonds is 1. The molecule has 0 spiro atoms. The van der Waals surface area contributed by atoms with Crippen molar-refractivity contribution in [3.63, 3.8) is 0 Å². The van der Waals surface area contributed by atoms with Crippen LogP contribution in [0, 0.1) is 13.8 Å². The predicted molar refractivity (Wildman–Crippen MR) is 65.0 cm³/mol. The van der Waals surface area contributed by atoms with Gasteiger partial charge in [0, 0.05) is 5.56 Å². The highest BCUT2D eigenvalue weighted by atomic mass is 16.3. The van der Waals surface area contributed by atoms with Crippen LogP contribution in [0.25, 0.3) is 11.3 Å². The predicted octanol–water partition coefficient (Wildman–Crippen LogP) is 4.59. The van der Waals surface area contributed by atoms with Crippen molar-refractivity contribution >= 4 is 0 Å². The van der Waals surface area contributed by atoms with Gasteiger partial charge in [0.05, 0.1) is 0 Å². The Hall–Kier alpha value is -1.50. The molecule has 0 aliphatic rings. The van der Waals surface area contributed by atoms with Crippen LogP contribution in [0.1, 0.15) is 25.2 Å². The van der Waals surface area contributed by atoms with Gasteiger partial charge in [-0.15, -0.1) is 0 Å². The first kappa shape index (κ1) is 11.6. The molecule has 0 unspecified atom stereocenters. The van der Waals surface area contributed by atoms with Gasteiger partial charge in [0.2, 0.25) is 0 Å². The van der Waals surface area contributed by atoms with Crippen molar-refractivity contribution in [1.82, 2.24) is 0 Å². The molecule has 1 heterocycles. The molecule has 0 saturated carbocycles. The Labute approximate surface area is 91.7 Å². The second-order valence-electron chi connectivity index (χ2n) is 3.23. The van der Waals surface area contributed by atoms with E-state index in [-0.39, 0.29) is 0 Å². The van der Waals surface area contributed by atoms with E-state index < -0.39 is 0 Å². The summed E-state index contributed by atoms with van der Waals surface area (Å²) in [5.41, 5.74) is 2.42. The minimum atomic E-state index is 0.954. The Morgan fingerprint density at radius 1 is 0.867 bits per heavy atom. The lowest BCUT2D eigenvalue weighted by Crippen LogP contribution is -1.78. The summed E-state index contributed by atoms with van der Waals surface area (Å²) in [6.45, 7) is 8.05. The van der Waals surface area contributed by atoms with Crippen LogP contribution in [0.2, 0.25) is 0 Å². The Morgan fingerprint density at radius 2 is 1.53 bits per heavy atom. The Bertz CT molecular complexity index is 413. The highest BCUT2D eigenvalue weighted by Gasteiger charge is 2.03. The smallest absolute Gasteiger partial charge is 0.134 e. The first-order valence-electron chi connectivity index (χ1n) is 5.40. The molecule has 0 aliphatic heterocycles. The standard InChI is InChI=1S/C12H12O.C2H6/c1-9-5-3-4-6-11(9)12-8-7-10(2)13-12;1-2/h3-8H,1-2H3;1-2H3. The number of furan rings is 1. The van der Waals surface area contributed by atoms with Gasteiger partial charge in [-0.3, -0.25) is 0 Å². The van der Waals surface area contributed by atoms with E-state index in [1.807, 2.05) is 45.0 Å². The largest absolute Gasteiger partial charge is 0.461 e. The van der Waals surface area contributed by atoms with Gasteiger partial charge < -0.3 is 4.42 Å². The van der Waals surface area contributed by atoms with Crippen molar-refractivity contribution in [2.24, 2.45) is 0 Å². The molecule has 1 nitrogen and oxygen atoms in total. The number of benzene rings is 1. The molecule has 2 rings (SSSR count). The molecule has 80 valence electrons. The summed E-state index contributed by atoms with van der Waals surface area (Å²) in [7, 11) is 0. The molecule has 0 fully saturated rings. The molecular weight excluding hydrogens is 184 g/mol. The number of hydrogen-bond acceptors (Lipinski definition) is 1. The van der Waals surface area contributed by atoms with Crippen LogP contribution < -0.4 is 0 Å². The number of aryl methyl sites for hydroxylation is 2. The third-order valence-electron chi connectivity index (χ3n) is 2.15. The Morgan fingerprint density at radius 3 is 2.07 bits per heavy atom. The lowest BCUT2D eigenvalue weighted by atomic mass is 10.1. The highest BCUT2D eigenvalue weighted by molar-refractivity contribution is 5.61. The Balaban J connectivity index is 0.000000531. The molecular formula is C14H18O. The molecule has 1 heteroatoms. The fraction of sp³-hybridized carbons (Fsp3) is 0.286. The van der Waals surface area contributed by atoms with Crippen LogP contribution in [0.4, 0.5) is 0 Å². The third kappa shape index (κ3) is 2.72. The zero-order valence-corrected chi connectivity index (χ0v) is 9.87. The number of hydrogen-bond donors (Lipinski definition) is 0. The van der Waals surface area contributed by atoms with Gasteiger partial charge in [-0.1, -0.05) is 38.1 Å². The van der Waals surface area contributed by atoms with E-state index >= 15 is 0 Å². The van der Waals surface area contributed by atoms with E-state index in [2.05, 4.69) is 19.1 Å². The van der Waals surface area contributed by atoms with Gasteiger partial charge in [-0.2, -0.15) is 0 Å². The second-order valence-corrected chi connectivity index (χ2v) is 3.23. The molecule has 1 aromatic heterocycles. The summed E-state index contributed by atoms with van der Waals surface area (Å²) in [4.78, 5) is 0. The maximum Gasteiger partial charge on any atom is 0.134 e. The van der Waals surface area contributed by atoms with Gasteiger partial charge in [0.15, 0.2) is 0 Å². The fourth-order valence-electron chi connectivity index (χ4n) is 1.43. The van der Waals surface area contributed by atoms with Gasteiger partial charge >= 0.3 is 0 Å². The normalized spacial score (nSPS) is 9.33. The highest BCUT2D eigenvalue weighted by Crippen LogP contribution is 2.24. The molecule has 15 heavy (non-hydrogen) atoms. The Kier molecular flexibility index (Phi) is 4.17. The minimum Gasteiger partial charge on any atom is -0.461 e. The maximum atomic E-state index is 5.55. The van der Waals surface area contributed by atoms with Gasteiger partial charge in [-0.05, 0) is 31.5 Å². The molecule has 2 aromatic rings. The summed E-state index contributed by atoms with van der Waals surface area (Å²) in [6.07, 6.45) is 0. The molecule has 0 N–H and O–H groups in total. The van der Waals surface area contributed by atoms with Crippen molar-refractivity contribution in [1.29, 1.82) is 0 Å². The third-order valence-corrected chi connectivity index (χ3v) is 2.15. The van der Waals surface area contributed by atoms with E-state index in [9.17, 15) is 0 Å². The summed E-state index contributed by atoms with van der Waals surface area (Å²) < 4.78 is 5.55. The van der Waals surface area contributed by atoms with Crippen molar-refractivity contribution < 1.29 is 4.42 Å². The van der Waals surface area contributed by atoms with Gasteiger partial charge in [0.25, 0.3) is 0 Å². The summed E-state index contributed by atoms with van der Waals surface area (Å²) in [6, 6.07) is 12.2. The van der Waals surface area contributed by atoms with Gasteiger partial charge in [-0.25, -0.2) is 0 Å². The molecule has 0 bridgehead atoms. The average Bonchev–Trinajstić information content (AvgIpc) is 2.68. The van der Waals surface area contributed by atoms with Crippen LogP contribution >= 0.6 is 0 Å². The van der Waals surface area contributed by atoms with E-state index in [1.54, 1.807) is 0 Å². The molecule has 0 amide bonds. The molecule has 1 aromatic carbocycles. The lowest BCUT2D eigenvalue weighted by molar-refractivity contribution is 0.548. The van der Waals surface area contributed by atoms with Crippen molar-refractivity contribution in [3.8, 4) is 11.3 Å². The second kappa shape index (κ2) is 5.40. The first-order chi connectivity index (χ1) is 7.27. The zero-order valence-electron chi connectivity index (χ0n) is 9.87. The quantitative estimate of drug-likeness (QED) is 0.659. The summed E-state index contributed by atoms with van der Waals surface area (Å²) in [5.74, 6) is 1.91. The van der Waals surface area contributed by atoms with Crippen molar-refractivity contribution in [2.75, 3.05) is 0 Å². The zero-order chi connectivity index (χ0) is 11.3. The molecule has 0 aliphatic carbocycles. The van der Waals surface area contributed by atoms with E-state index in [0.29, 0.717) is 0 Å². The molecule has 0 radical (unpaired) electrons. The molecule has 0 atom stereocenters. The van der Waals surface area contributed by atoms with Crippen LogP contribution in [-0.4, -0.2) is 0 Å².